The number of ether oxygens (including phenoxy) is 3. The van der Waals surface area contributed by atoms with Gasteiger partial charge >= 0.3 is 0 Å². The first-order valence-corrected chi connectivity index (χ1v) is 6.99. The van der Waals surface area contributed by atoms with Crippen molar-refractivity contribution >= 4 is 0 Å². The van der Waals surface area contributed by atoms with Gasteiger partial charge in [0.25, 0.3) is 0 Å². The van der Waals surface area contributed by atoms with Crippen LogP contribution in [0.25, 0.3) is 0 Å². The molecular weight excluding hydrogens is 242 g/mol. The lowest BCUT2D eigenvalue weighted by Gasteiger charge is -2.14. The molecule has 1 heterocycles. The monoisotopic (exact) mass is 265 g/mol. The van der Waals surface area contributed by atoms with Crippen molar-refractivity contribution in [3.63, 3.8) is 0 Å². The van der Waals surface area contributed by atoms with Crippen molar-refractivity contribution in [2.24, 2.45) is 0 Å². The second kappa shape index (κ2) is 7.36. The van der Waals surface area contributed by atoms with Gasteiger partial charge in [0, 0.05) is 25.6 Å². The van der Waals surface area contributed by atoms with Crippen molar-refractivity contribution in [3.8, 4) is 11.5 Å². The fourth-order valence-corrected chi connectivity index (χ4v) is 1.96. The van der Waals surface area contributed by atoms with Gasteiger partial charge in [0.05, 0.1) is 19.8 Å². The topological polar surface area (TPSA) is 39.7 Å². The second-order valence-corrected chi connectivity index (χ2v) is 4.77. The van der Waals surface area contributed by atoms with Crippen molar-refractivity contribution in [1.82, 2.24) is 5.32 Å². The van der Waals surface area contributed by atoms with Gasteiger partial charge < -0.3 is 19.5 Å². The third-order valence-corrected chi connectivity index (χ3v) is 3.04. The first kappa shape index (κ1) is 14.2. The summed E-state index contributed by atoms with van der Waals surface area (Å²) in [4.78, 5) is 0. The molecule has 106 valence electrons. The summed E-state index contributed by atoms with van der Waals surface area (Å²) in [5.74, 6) is 1.71. The van der Waals surface area contributed by atoms with Crippen LogP contribution in [0.3, 0.4) is 0 Å². The maximum absolute atomic E-state index is 5.68. The van der Waals surface area contributed by atoms with E-state index in [1.807, 2.05) is 13.0 Å². The Hall–Kier alpha value is -1.26. The smallest absolute Gasteiger partial charge is 0.161 e. The highest BCUT2D eigenvalue weighted by Gasteiger charge is 2.10. The van der Waals surface area contributed by atoms with Crippen molar-refractivity contribution in [2.75, 3.05) is 26.4 Å². The lowest BCUT2D eigenvalue weighted by molar-refractivity contribution is 0.127. The molecule has 4 nitrogen and oxygen atoms in total. The molecule has 0 aromatic heterocycles. The molecule has 0 saturated carbocycles. The minimum atomic E-state index is 0.343. The van der Waals surface area contributed by atoms with Crippen LogP contribution in [0.5, 0.6) is 11.5 Å². The van der Waals surface area contributed by atoms with Crippen LogP contribution in [0.4, 0.5) is 0 Å². The van der Waals surface area contributed by atoms with Gasteiger partial charge in [-0.15, -0.1) is 0 Å². The summed E-state index contributed by atoms with van der Waals surface area (Å²) in [5, 5.41) is 3.43. The van der Waals surface area contributed by atoms with Crippen molar-refractivity contribution in [3.05, 3.63) is 23.8 Å². The molecule has 1 aromatic carbocycles. The molecule has 0 fully saturated rings. The molecule has 1 unspecified atom stereocenters. The summed E-state index contributed by atoms with van der Waals surface area (Å²) >= 11 is 0. The third kappa shape index (κ3) is 4.40. The molecule has 1 aromatic rings. The molecule has 0 aliphatic carbocycles. The van der Waals surface area contributed by atoms with Gasteiger partial charge in [0.1, 0.15) is 0 Å². The fourth-order valence-electron chi connectivity index (χ4n) is 1.96. The van der Waals surface area contributed by atoms with Gasteiger partial charge in [0.2, 0.25) is 0 Å². The average Bonchev–Trinajstić information content (AvgIpc) is 2.67. The SMILES string of the molecule is CCOCC(C)NCc1ccc2c(c1)OCCCO2. The molecule has 4 heteroatoms. The van der Waals surface area contributed by atoms with Gasteiger partial charge in [-0.05, 0) is 31.5 Å². The Morgan fingerprint density at radius 3 is 2.84 bits per heavy atom. The second-order valence-electron chi connectivity index (χ2n) is 4.77. The molecule has 1 atom stereocenters. The van der Waals surface area contributed by atoms with Crippen LogP contribution >= 0.6 is 0 Å². The number of hydrogen-bond acceptors (Lipinski definition) is 4. The maximum atomic E-state index is 5.68. The van der Waals surface area contributed by atoms with E-state index in [2.05, 4.69) is 24.4 Å². The quantitative estimate of drug-likeness (QED) is 0.857. The molecule has 0 radical (unpaired) electrons. The van der Waals surface area contributed by atoms with Crippen LogP contribution in [0.15, 0.2) is 18.2 Å². The van der Waals surface area contributed by atoms with Crippen molar-refractivity contribution < 1.29 is 14.2 Å². The summed E-state index contributed by atoms with van der Waals surface area (Å²) in [6.07, 6.45) is 0.938. The highest BCUT2D eigenvalue weighted by atomic mass is 16.5. The lowest BCUT2D eigenvalue weighted by atomic mass is 10.2. The zero-order valence-corrected chi connectivity index (χ0v) is 11.8. The van der Waals surface area contributed by atoms with E-state index >= 15 is 0 Å². The van der Waals surface area contributed by atoms with Gasteiger partial charge in [-0.25, -0.2) is 0 Å². The van der Waals surface area contributed by atoms with Gasteiger partial charge in [-0.2, -0.15) is 0 Å². The number of benzene rings is 1. The van der Waals surface area contributed by atoms with Crippen LogP contribution in [0, 0.1) is 0 Å². The van der Waals surface area contributed by atoms with Crippen molar-refractivity contribution in [1.29, 1.82) is 0 Å². The zero-order chi connectivity index (χ0) is 13.5. The molecule has 0 saturated heterocycles. The van der Waals surface area contributed by atoms with Crippen molar-refractivity contribution in [2.45, 2.75) is 32.9 Å². The number of fused-ring (bicyclic) bond motifs is 1. The van der Waals surface area contributed by atoms with E-state index in [4.69, 9.17) is 14.2 Å². The van der Waals surface area contributed by atoms with Gasteiger partial charge in [0.15, 0.2) is 11.5 Å². The molecule has 1 aliphatic rings. The van der Waals surface area contributed by atoms with E-state index in [1.165, 1.54) is 5.56 Å². The highest BCUT2D eigenvalue weighted by Crippen LogP contribution is 2.30. The standard InChI is InChI=1S/C15H23NO3/c1-3-17-11-12(2)16-10-13-5-6-14-15(9-13)19-8-4-7-18-14/h5-6,9,12,16H,3-4,7-8,10-11H2,1-2H3. The summed E-state index contributed by atoms with van der Waals surface area (Å²) in [6, 6.07) is 6.47. The molecule has 1 N–H and O–H groups in total. The summed E-state index contributed by atoms with van der Waals surface area (Å²) in [7, 11) is 0. The fraction of sp³-hybridized carbons (Fsp3) is 0.600. The minimum absolute atomic E-state index is 0.343. The predicted molar refractivity (Wildman–Crippen MR) is 74.8 cm³/mol. The Kier molecular flexibility index (Phi) is 5.48. The average molecular weight is 265 g/mol. The first-order valence-electron chi connectivity index (χ1n) is 6.99. The van der Waals surface area contributed by atoms with E-state index in [0.717, 1.165) is 50.9 Å². The molecule has 0 bridgehead atoms. The third-order valence-electron chi connectivity index (χ3n) is 3.04. The van der Waals surface area contributed by atoms with Crippen LogP contribution in [-0.4, -0.2) is 32.5 Å². The molecular formula is C15H23NO3. The van der Waals surface area contributed by atoms with E-state index in [1.54, 1.807) is 0 Å². The first-order chi connectivity index (χ1) is 9.29. The highest BCUT2D eigenvalue weighted by molar-refractivity contribution is 5.43. The largest absolute Gasteiger partial charge is 0.490 e. The predicted octanol–water partition coefficient (Wildman–Crippen LogP) is 2.36. The van der Waals surface area contributed by atoms with E-state index < -0.39 is 0 Å². The Bertz CT molecular complexity index is 395. The normalized spacial score (nSPS) is 15.9. The van der Waals surface area contributed by atoms with Gasteiger partial charge in [-0.3, -0.25) is 0 Å². The van der Waals surface area contributed by atoms with E-state index in [0.29, 0.717) is 6.04 Å². The lowest BCUT2D eigenvalue weighted by Crippen LogP contribution is -2.30. The van der Waals surface area contributed by atoms with Crippen LogP contribution in [0.2, 0.25) is 0 Å². The molecule has 1 aliphatic heterocycles. The van der Waals surface area contributed by atoms with Gasteiger partial charge in [-0.1, -0.05) is 6.07 Å². The van der Waals surface area contributed by atoms with Crippen LogP contribution < -0.4 is 14.8 Å². The Labute approximate surface area is 115 Å². The minimum Gasteiger partial charge on any atom is -0.490 e. The molecule has 0 amide bonds. The van der Waals surface area contributed by atoms with Crippen LogP contribution in [0.1, 0.15) is 25.8 Å². The number of nitrogens with one attached hydrogen (secondary N) is 1. The summed E-state index contributed by atoms with van der Waals surface area (Å²) < 4.78 is 16.7. The molecule has 2 rings (SSSR count). The summed E-state index contributed by atoms with van der Waals surface area (Å²) in [5.41, 5.74) is 1.20. The van der Waals surface area contributed by atoms with Crippen LogP contribution in [-0.2, 0) is 11.3 Å². The summed E-state index contributed by atoms with van der Waals surface area (Å²) in [6.45, 7) is 7.90. The maximum Gasteiger partial charge on any atom is 0.161 e. The Morgan fingerprint density at radius 1 is 1.26 bits per heavy atom. The number of rotatable bonds is 6. The number of hydrogen-bond donors (Lipinski definition) is 1. The Balaban J connectivity index is 1.89. The molecule has 0 spiro atoms. The van der Waals surface area contributed by atoms with E-state index in [9.17, 15) is 0 Å². The Morgan fingerprint density at radius 2 is 2.05 bits per heavy atom. The van der Waals surface area contributed by atoms with E-state index in [-0.39, 0.29) is 0 Å². The zero-order valence-electron chi connectivity index (χ0n) is 11.8. The molecule has 19 heavy (non-hydrogen) atoms.